The highest BCUT2D eigenvalue weighted by molar-refractivity contribution is 7.59. The van der Waals surface area contributed by atoms with E-state index >= 15 is 0 Å². The van der Waals surface area contributed by atoms with Crippen LogP contribution in [0.4, 0.5) is 0 Å². The van der Waals surface area contributed by atoms with E-state index in [0.717, 1.165) is 0 Å². The second kappa shape index (κ2) is 4.28. The van der Waals surface area contributed by atoms with Gasteiger partial charge in [0.2, 0.25) is 0 Å². The van der Waals surface area contributed by atoms with E-state index in [1.807, 2.05) is 0 Å². The molecule has 0 N–H and O–H groups in total. The summed E-state index contributed by atoms with van der Waals surface area (Å²) in [5.74, 6) is 0. The molecule has 1 heterocycles. The summed E-state index contributed by atoms with van der Waals surface area (Å²) in [5.41, 5.74) is 0. The molecule has 0 aromatic heterocycles. The van der Waals surface area contributed by atoms with Crippen LogP contribution in [0.3, 0.4) is 0 Å². The van der Waals surface area contributed by atoms with Crippen molar-refractivity contribution in [1.29, 1.82) is 0 Å². The lowest BCUT2D eigenvalue weighted by Gasteiger charge is -2.29. The quantitative estimate of drug-likeness (QED) is 0.721. The molecule has 0 aromatic rings. The van der Waals surface area contributed by atoms with Crippen molar-refractivity contribution in [2.24, 2.45) is 0 Å². The highest BCUT2D eigenvalue weighted by Gasteiger charge is 2.56. The van der Waals surface area contributed by atoms with Crippen LogP contribution in [-0.2, 0) is 27.2 Å². The zero-order valence-electron chi connectivity index (χ0n) is 9.26. The minimum Gasteiger partial charge on any atom is -0.312 e. The van der Waals surface area contributed by atoms with E-state index in [1.54, 1.807) is 6.92 Å². The summed E-state index contributed by atoms with van der Waals surface area (Å²) < 4.78 is 43.7. The van der Waals surface area contributed by atoms with E-state index in [4.69, 9.17) is 18.1 Å². The maximum atomic E-state index is 12.1. The van der Waals surface area contributed by atoms with Gasteiger partial charge in [-0.2, -0.15) is 0 Å². The van der Waals surface area contributed by atoms with Gasteiger partial charge in [-0.05, 0) is 13.3 Å². The van der Waals surface area contributed by atoms with Gasteiger partial charge in [-0.1, -0.05) is 0 Å². The van der Waals surface area contributed by atoms with Gasteiger partial charge < -0.3 is 13.6 Å². The van der Waals surface area contributed by atoms with E-state index in [1.165, 1.54) is 21.3 Å². The Balaban J connectivity index is 2.97. The highest BCUT2D eigenvalue weighted by Crippen LogP contribution is 2.71. The molecule has 0 aliphatic carbocycles. The third-order valence-electron chi connectivity index (χ3n) is 2.52. The van der Waals surface area contributed by atoms with Crippen LogP contribution in [0.5, 0.6) is 0 Å². The Morgan fingerprint density at radius 2 is 1.87 bits per heavy atom. The predicted octanol–water partition coefficient (Wildman–Crippen LogP) is 2.45. The number of hydrogen-bond donors (Lipinski definition) is 0. The van der Waals surface area contributed by atoms with Gasteiger partial charge in [-0.3, -0.25) is 13.7 Å². The van der Waals surface area contributed by atoms with E-state index in [0.29, 0.717) is 6.42 Å². The fourth-order valence-corrected chi connectivity index (χ4v) is 5.51. The summed E-state index contributed by atoms with van der Waals surface area (Å²) in [6.45, 7) is 1.56. The van der Waals surface area contributed by atoms with Crippen LogP contribution in [-0.4, -0.2) is 32.8 Å². The Kier molecular flexibility index (Phi) is 3.82. The molecule has 1 unspecified atom stereocenters. The van der Waals surface area contributed by atoms with Crippen molar-refractivity contribution in [2.45, 2.75) is 18.7 Å². The lowest BCUT2D eigenvalue weighted by molar-refractivity contribution is 0.119. The lowest BCUT2D eigenvalue weighted by Crippen LogP contribution is -2.24. The van der Waals surface area contributed by atoms with Gasteiger partial charge in [0.1, 0.15) is 0 Å². The summed E-state index contributed by atoms with van der Waals surface area (Å²) in [4.78, 5) is 0. The van der Waals surface area contributed by atoms with Crippen LogP contribution in [0.2, 0.25) is 0 Å². The zero-order chi connectivity index (χ0) is 11.7. The SMILES string of the molecule is COP1(=O)CC[C@](C)(P(=O)(OC)OC)O1. The van der Waals surface area contributed by atoms with Crippen molar-refractivity contribution in [3.8, 4) is 0 Å². The minimum absolute atomic E-state index is 0.219. The van der Waals surface area contributed by atoms with Gasteiger partial charge in [0.15, 0.2) is 5.34 Å². The van der Waals surface area contributed by atoms with Crippen LogP contribution >= 0.6 is 15.2 Å². The van der Waals surface area contributed by atoms with E-state index in [-0.39, 0.29) is 6.16 Å². The molecule has 0 saturated carbocycles. The van der Waals surface area contributed by atoms with Crippen LogP contribution in [0.15, 0.2) is 0 Å². The molecule has 1 rings (SSSR count). The van der Waals surface area contributed by atoms with Crippen LogP contribution < -0.4 is 0 Å². The Morgan fingerprint density at radius 1 is 1.33 bits per heavy atom. The standard InChI is InChI=1S/C7H16O6P2/c1-7(15(9,11-3)12-4)5-6-14(8,10-2)13-7/h5-6H2,1-4H3/t7-,14?/m0/s1. The first-order chi connectivity index (χ1) is 6.85. The van der Waals surface area contributed by atoms with Crippen molar-refractivity contribution in [1.82, 2.24) is 0 Å². The zero-order valence-corrected chi connectivity index (χ0v) is 11.0. The molecule has 90 valence electrons. The van der Waals surface area contributed by atoms with Crippen LogP contribution in [0, 0.1) is 0 Å². The molecular formula is C7H16O6P2. The van der Waals surface area contributed by atoms with Crippen molar-refractivity contribution < 1.29 is 27.2 Å². The average molecular weight is 258 g/mol. The van der Waals surface area contributed by atoms with E-state index < -0.39 is 20.5 Å². The molecule has 1 fully saturated rings. The molecule has 0 spiro atoms. The van der Waals surface area contributed by atoms with Gasteiger partial charge in [-0.25, -0.2) is 0 Å². The maximum absolute atomic E-state index is 12.1. The Labute approximate surface area is 89.3 Å². The summed E-state index contributed by atoms with van der Waals surface area (Å²) >= 11 is 0. The Hall–Kier alpha value is 0.300. The topological polar surface area (TPSA) is 71.1 Å². The summed E-state index contributed by atoms with van der Waals surface area (Å²) in [5, 5.41) is -1.19. The second-order valence-corrected chi connectivity index (χ2v) is 8.28. The number of rotatable bonds is 4. The first-order valence-electron chi connectivity index (χ1n) is 4.42. The van der Waals surface area contributed by atoms with Crippen molar-refractivity contribution in [2.75, 3.05) is 27.5 Å². The maximum Gasteiger partial charge on any atom is 0.361 e. The van der Waals surface area contributed by atoms with Crippen molar-refractivity contribution >= 4 is 15.2 Å². The Bertz CT molecular complexity index is 321. The molecule has 1 saturated heterocycles. The first kappa shape index (κ1) is 13.4. The molecule has 15 heavy (non-hydrogen) atoms. The third-order valence-corrected chi connectivity index (χ3v) is 7.11. The van der Waals surface area contributed by atoms with Gasteiger partial charge in [0.25, 0.3) is 0 Å². The Morgan fingerprint density at radius 3 is 2.20 bits per heavy atom. The minimum atomic E-state index is -3.41. The molecule has 2 atom stereocenters. The van der Waals surface area contributed by atoms with Crippen LogP contribution in [0.25, 0.3) is 0 Å². The molecular weight excluding hydrogens is 242 g/mol. The number of hydrogen-bond acceptors (Lipinski definition) is 6. The molecule has 1 aliphatic rings. The molecule has 1 aliphatic heterocycles. The molecule has 8 heteroatoms. The van der Waals surface area contributed by atoms with Crippen molar-refractivity contribution in [3.05, 3.63) is 0 Å². The van der Waals surface area contributed by atoms with E-state index in [2.05, 4.69) is 0 Å². The largest absolute Gasteiger partial charge is 0.361 e. The predicted molar refractivity (Wildman–Crippen MR) is 55.2 cm³/mol. The smallest absolute Gasteiger partial charge is 0.312 e. The normalized spacial score (nSPS) is 37.1. The lowest BCUT2D eigenvalue weighted by atomic mass is 10.3. The molecule has 0 bridgehead atoms. The average Bonchev–Trinajstić information content (AvgIpc) is 2.56. The summed E-state index contributed by atoms with van der Waals surface area (Å²) in [6, 6.07) is 0. The molecule has 0 aromatic carbocycles. The van der Waals surface area contributed by atoms with Gasteiger partial charge >= 0.3 is 15.2 Å². The van der Waals surface area contributed by atoms with Crippen molar-refractivity contribution in [3.63, 3.8) is 0 Å². The summed E-state index contributed by atoms with van der Waals surface area (Å²) in [7, 11) is -2.69. The molecule has 6 nitrogen and oxygen atoms in total. The fraction of sp³-hybridized carbons (Fsp3) is 1.00. The highest BCUT2D eigenvalue weighted by atomic mass is 31.2. The fourth-order valence-electron chi connectivity index (χ4n) is 1.51. The monoisotopic (exact) mass is 258 g/mol. The van der Waals surface area contributed by atoms with Gasteiger partial charge in [-0.15, -0.1) is 0 Å². The first-order valence-corrected chi connectivity index (χ1v) is 7.69. The molecule has 0 radical (unpaired) electrons. The summed E-state index contributed by atoms with van der Waals surface area (Å²) in [6.07, 6.45) is 0.536. The molecule has 0 amide bonds. The van der Waals surface area contributed by atoms with Gasteiger partial charge in [0.05, 0.1) is 6.16 Å². The van der Waals surface area contributed by atoms with E-state index in [9.17, 15) is 9.13 Å². The second-order valence-electron chi connectivity index (χ2n) is 3.40. The van der Waals surface area contributed by atoms with Gasteiger partial charge in [0, 0.05) is 21.3 Å². The van der Waals surface area contributed by atoms with Crippen LogP contribution in [0.1, 0.15) is 13.3 Å². The third kappa shape index (κ3) is 2.21.